The molecule has 6 nitrogen and oxygen atoms in total. The van der Waals surface area contributed by atoms with Gasteiger partial charge in [0.2, 0.25) is 5.91 Å². The van der Waals surface area contributed by atoms with E-state index in [-0.39, 0.29) is 17.2 Å². The summed E-state index contributed by atoms with van der Waals surface area (Å²) >= 11 is 1.17. The minimum absolute atomic E-state index is 0.0445. The number of aromatic nitrogens is 3. The van der Waals surface area contributed by atoms with Gasteiger partial charge in [0, 0.05) is 12.2 Å². The number of hydrogen-bond donors (Lipinski definition) is 1. The van der Waals surface area contributed by atoms with Crippen LogP contribution < -0.4 is 10.5 Å². The minimum Gasteiger partial charge on any atom is -0.312 e. The van der Waals surface area contributed by atoms with E-state index < -0.39 is 0 Å². The average Bonchev–Trinajstić information content (AvgIpc) is 2.50. The van der Waals surface area contributed by atoms with Gasteiger partial charge in [-0.15, -0.1) is 10.2 Å². The SMILES string of the molecule is CCN(C(=O)CSc1nnc(C)c(=O)[nH]1)c1ccccc1. The van der Waals surface area contributed by atoms with E-state index >= 15 is 0 Å². The number of H-pyrrole nitrogens is 1. The third-order valence-electron chi connectivity index (χ3n) is 2.86. The predicted octanol–water partition coefficient (Wildman–Crippen LogP) is 1.62. The van der Waals surface area contributed by atoms with Crippen molar-refractivity contribution >= 4 is 23.4 Å². The predicted molar refractivity (Wildman–Crippen MR) is 82.6 cm³/mol. The number of nitrogens with one attached hydrogen (secondary N) is 1. The maximum atomic E-state index is 12.3. The molecule has 0 unspecified atom stereocenters. The largest absolute Gasteiger partial charge is 0.312 e. The average molecular weight is 304 g/mol. The van der Waals surface area contributed by atoms with E-state index in [4.69, 9.17) is 0 Å². The molecule has 0 saturated carbocycles. The van der Waals surface area contributed by atoms with Crippen LogP contribution in [0.2, 0.25) is 0 Å². The molecular formula is C14H16N4O2S. The van der Waals surface area contributed by atoms with Crippen LogP contribution in [-0.4, -0.2) is 33.4 Å². The van der Waals surface area contributed by atoms with Crippen molar-refractivity contribution in [2.45, 2.75) is 19.0 Å². The number of benzene rings is 1. The van der Waals surface area contributed by atoms with Gasteiger partial charge in [0.25, 0.3) is 5.56 Å². The van der Waals surface area contributed by atoms with E-state index in [1.165, 1.54) is 11.8 Å². The molecule has 110 valence electrons. The van der Waals surface area contributed by atoms with Crippen molar-refractivity contribution in [1.29, 1.82) is 0 Å². The van der Waals surface area contributed by atoms with Gasteiger partial charge in [-0.05, 0) is 26.0 Å². The van der Waals surface area contributed by atoms with E-state index in [1.54, 1.807) is 11.8 Å². The molecule has 0 radical (unpaired) electrons. The highest BCUT2D eigenvalue weighted by Crippen LogP contribution is 2.16. The van der Waals surface area contributed by atoms with Gasteiger partial charge >= 0.3 is 0 Å². The van der Waals surface area contributed by atoms with Crippen LogP contribution in [0.3, 0.4) is 0 Å². The highest BCUT2D eigenvalue weighted by molar-refractivity contribution is 7.99. The monoisotopic (exact) mass is 304 g/mol. The molecule has 1 amide bonds. The Labute approximate surface area is 126 Å². The van der Waals surface area contributed by atoms with Crippen molar-refractivity contribution in [2.24, 2.45) is 0 Å². The second-order valence-corrected chi connectivity index (χ2v) is 5.27. The number of aromatic amines is 1. The molecule has 0 bridgehead atoms. The Kier molecular flexibility index (Phi) is 5.10. The number of carbonyl (C=O) groups is 1. The van der Waals surface area contributed by atoms with Gasteiger partial charge in [0.15, 0.2) is 5.16 Å². The van der Waals surface area contributed by atoms with Crippen LogP contribution >= 0.6 is 11.8 Å². The van der Waals surface area contributed by atoms with E-state index in [1.807, 2.05) is 37.3 Å². The number of rotatable bonds is 5. The zero-order valence-electron chi connectivity index (χ0n) is 11.9. The highest BCUT2D eigenvalue weighted by atomic mass is 32.2. The number of thioether (sulfide) groups is 1. The van der Waals surface area contributed by atoms with Crippen molar-refractivity contribution in [1.82, 2.24) is 15.2 Å². The first kappa shape index (κ1) is 15.2. The van der Waals surface area contributed by atoms with Crippen LogP contribution in [0, 0.1) is 6.92 Å². The lowest BCUT2D eigenvalue weighted by Gasteiger charge is -2.20. The summed E-state index contributed by atoms with van der Waals surface area (Å²) in [5.74, 6) is 0.146. The molecule has 21 heavy (non-hydrogen) atoms. The number of anilines is 1. The molecule has 2 aromatic rings. The van der Waals surface area contributed by atoms with Crippen LogP contribution in [0.1, 0.15) is 12.6 Å². The van der Waals surface area contributed by atoms with E-state index in [2.05, 4.69) is 15.2 Å². The molecule has 0 aliphatic carbocycles. The summed E-state index contributed by atoms with van der Waals surface area (Å²) in [5, 5.41) is 7.95. The zero-order valence-corrected chi connectivity index (χ0v) is 12.7. The summed E-state index contributed by atoms with van der Waals surface area (Å²) in [6.07, 6.45) is 0. The molecule has 0 aliphatic rings. The van der Waals surface area contributed by atoms with Crippen LogP contribution in [0.5, 0.6) is 0 Å². The van der Waals surface area contributed by atoms with Crippen LogP contribution in [0.15, 0.2) is 40.3 Å². The Morgan fingerprint density at radius 1 is 1.29 bits per heavy atom. The number of para-hydroxylation sites is 1. The van der Waals surface area contributed by atoms with Crippen molar-refractivity contribution in [3.63, 3.8) is 0 Å². The molecule has 0 spiro atoms. The molecule has 0 saturated heterocycles. The van der Waals surface area contributed by atoms with Crippen molar-refractivity contribution in [3.05, 3.63) is 46.4 Å². The molecule has 7 heteroatoms. The third-order valence-corrected chi connectivity index (χ3v) is 3.71. The Morgan fingerprint density at radius 2 is 2.00 bits per heavy atom. The maximum absolute atomic E-state index is 12.3. The first-order valence-electron chi connectivity index (χ1n) is 6.53. The fourth-order valence-electron chi connectivity index (χ4n) is 1.76. The normalized spacial score (nSPS) is 10.4. The summed E-state index contributed by atoms with van der Waals surface area (Å²) in [6, 6.07) is 9.46. The van der Waals surface area contributed by atoms with Crippen molar-refractivity contribution < 1.29 is 4.79 Å². The Bertz CT molecular complexity index is 672. The van der Waals surface area contributed by atoms with Gasteiger partial charge in [-0.25, -0.2) is 0 Å². The number of carbonyl (C=O) groups excluding carboxylic acids is 1. The van der Waals surface area contributed by atoms with Crippen LogP contribution in [0.4, 0.5) is 5.69 Å². The van der Waals surface area contributed by atoms with Crippen LogP contribution in [0.25, 0.3) is 0 Å². The lowest BCUT2D eigenvalue weighted by Crippen LogP contribution is -2.32. The van der Waals surface area contributed by atoms with Crippen LogP contribution in [-0.2, 0) is 4.79 Å². The maximum Gasteiger partial charge on any atom is 0.273 e. The molecule has 1 aromatic heterocycles. The van der Waals surface area contributed by atoms with Gasteiger partial charge in [-0.2, -0.15) is 0 Å². The van der Waals surface area contributed by atoms with Gasteiger partial charge in [-0.3, -0.25) is 14.6 Å². The zero-order chi connectivity index (χ0) is 15.2. The molecule has 1 heterocycles. The molecule has 1 aromatic carbocycles. The fourth-order valence-corrected chi connectivity index (χ4v) is 2.44. The molecule has 0 aliphatic heterocycles. The Hall–Kier alpha value is -2.15. The lowest BCUT2D eigenvalue weighted by atomic mass is 10.3. The first-order chi connectivity index (χ1) is 10.1. The van der Waals surface area contributed by atoms with Gasteiger partial charge < -0.3 is 4.90 Å². The van der Waals surface area contributed by atoms with Crippen molar-refractivity contribution in [2.75, 3.05) is 17.2 Å². The Balaban J connectivity index is 2.03. The molecule has 2 rings (SSSR count). The second-order valence-electron chi connectivity index (χ2n) is 4.31. The second kappa shape index (κ2) is 7.03. The fraction of sp³-hybridized carbons (Fsp3) is 0.286. The quantitative estimate of drug-likeness (QED) is 0.849. The summed E-state index contributed by atoms with van der Waals surface area (Å²) in [5.41, 5.74) is 0.884. The standard InChI is InChI=1S/C14H16N4O2S/c1-3-18(11-7-5-4-6-8-11)12(19)9-21-14-15-13(20)10(2)16-17-14/h4-8H,3,9H2,1-2H3,(H,15,17,20). The molecule has 1 N–H and O–H groups in total. The molecular weight excluding hydrogens is 288 g/mol. The van der Waals surface area contributed by atoms with E-state index in [0.29, 0.717) is 17.4 Å². The smallest absolute Gasteiger partial charge is 0.273 e. The summed E-state index contributed by atoms with van der Waals surface area (Å²) in [7, 11) is 0. The first-order valence-corrected chi connectivity index (χ1v) is 7.52. The van der Waals surface area contributed by atoms with Gasteiger partial charge in [0.05, 0.1) is 5.75 Å². The molecule has 0 atom stereocenters. The van der Waals surface area contributed by atoms with Gasteiger partial charge in [0.1, 0.15) is 5.69 Å². The summed E-state index contributed by atoms with van der Waals surface area (Å²) in [6.45, 7) is 4.09. The number of amides is 1. The minimum atomic E-state index is -0.282. The summed E-state index contributed by atoms with van der Waals surface area (Å²) in [4.78, 5) is 28.0. The van der Waals surface area contributed by atoms with Gasteiger partial charge in [-0.1, -0.05) is 30.0 Å². The summed E-state index contributed by atoms with van der Waals surface area (Å²) < 4.78 is 0. The number of nitrogens with zero attached hydrogens (tertiary/aromatic N) is 3. The topological polar surface area (TPSA) is 79.0 Å². The van der Waals surface area contributed by atoms with E-state index in [9.17, 15) is 9.59 Å². The van der Waals surface area contributed by atoms with Crippen molar-refractivity contribution in [3.8, 4) is 0 Å². The highest BCUT2D eigenvalue weighted by Gasteiger charge is 2.14. The van der Waals surface area contributed by atoms with E-state index in [0.717, 1.165) is 5.69 Å². The Morgan fingerprint density at radius 3 is 2.62 bits per heavy atom. The number of hydrogen-bond acceptors (Lipinski definition) is 5. The lowest BCUT2D eigenvalue weighted by molar-refractivity contribution is -0.116. The molecule has 0 fully saturated rings. The number of aryl methyl sites for hydroxylation is 1. The third kappa shape index (κ3) is 3.91.